The van der Waals surface area contributed by atoms with E-state index in [1.54, 1.807) is 19.1 Å². The van der Waals surface area contributed by atoms with Gasteiger partial charge in [0, 0.05) is 23.2 Å². The molecular weight excluding hydrogens is 276 g/mol. The molecule has 5 heteroatoms. The second-order valence-electron chi connectivity index (χ2n) is 4.72. The first-order chi connectivity index (χ1) is 10.0. The minimum atomic E-state index is -0.418. The highest BCUT2D eigenvalue weighted by atomic mass is 19.1. The summed E-state index contributed by atoms with van der Waals surface area (Å²) in [5.41, 5.74) is 6.71. The fourth-order valence-electron chi connectivity index (χ4n) is 1.93. The Labute approximate surface area is 122 Å². The van der Waals surface area contributed by atoms with Gasteiger partial charge >= 0.3 is 0 Å². The van der Waals surface area contributed by atoms with Gasteiger partial charge in [-0.1, -0.05) is 0 Å². The molecule has 0 heterocycles. The van der Waals surface area contributed by atoms with Crippen LogP contribution in [-0.2, 0) is 6.61 Å². The number of halogens is 2. The van der Waals surface area contributed by atoms with Crippen molar-refractivity contribution in [1.29, 1.82) is 0 Å². The molecule has 0 aliphatic rings. The van der Waals surface area contributed by atoms with Crippen LogP contribution in [0.3, 0.4) is 0 Å². The van der Waals surface area contributed by atoms with Crippen LogP contribution in [-0.4, -0.2) is 7.11 Å². The summed E-state index contributed by atoms with van der Waals surface area (Å²) in [5.74, 6) is 0.0833. The van der Waals surface area contributed by atoms with E-state index in [1.807, 2.05) is 0 Å². The monoisotopic (exact) mass is 293 g/mol. The van der Waals surface area contributed by atoms with E-state index in [-0.39, 0.29) is 18.5 Å². The molecule has 0 fully saturated rings. The van der Waals surface area contributed by atoms with Crippen LogP contribution in [0.1, 0.15) is 24.1 Å². The molecule has 0 radical (unpaired) electrons. The smallest absolute Gasteiger partial charge is 0.133 e. The lowest BCUT2D eigenvalue weighted by Crippen LogP contribution is -2.09. The van der Waals surface area contributed by atoms with Crippen LogP contribution < -0.4 is 15.2 Å². The Kier molecular flexibility index (Phi) is 4.75. The van der Waals surface area contributed by atoms with E-state index in [2.05, 4.69) is 0 Å². The van der Waals surface area contributed by atoms with E-state index in [0.717, 1.165) is 0 Å². The van der Waals surface area contributed by atoms with Gasteiger partial charge in [0.1, 0.15) is 29.7 Å². The summed E-state index contributed by atoms with van der Waals surface area (Å²) in [5, 5.41) is 0. The van der Waals surface area contributed by atoms with Crippen molar-refractivity contribution in [3.63, 3.8) is 0 Å². The van der Waals surface area contributed by atoms with Gasteiger partial charge in [0.2, 0.25) is 0 Å². The van der Waals surface area contributed by atoms with Gasteiger partial charge in [-0.05, 0) is 37.3 Å². The number of rotatable bonds is 5. The van der Waals surface area contributed by atoms with E-state index in [0.29, 0.717) is 22.6 Å². The highest BCUT2D eigenvalue weighted by Crippen LogP contribution is 2.26. The summed E-state index contributed by atoms with van der Waals surface area (Å²) in [6.07, 6.45) is 0. The Balaban J connectivity index is 2.16. The summed E-state index contributed by atoms with van der Waals surface area (Å²) < 4.78 is 37.6. The lowest BCUT2D eigenvalue weighted by atomic mass is 10.1. The SMILES string of the molecule is COc1ccc(COc2ccc(F)cc2[C@@H](C)N)c(F)c1. The number of nitrogens with two attached hydrogens (primary N) is 1. The molecule has 2 rings (SSSR count). The molecule has 2 N–H and O–H groups in total. The van der Waals surface area contributed by atoms with Gasteiger partial charge in [-0.25, -0.2) is 8.78 Å². The number of methoxy groups -OCH3 is 1. The molecule has 2 aromatic rings. The van der Waals surface area contributed by atoms with Crippen molar-refractivity contribution in [1.82, 2.24) is 0 Å². The zero-order valence-corrected chi connectivity index (χ0v) is 11.9. The molecule has 1 atom stereocenters. The number of hydrogen-bond donors (Lipinski definition) is 1. The summed E-state index contributed by atoms with van der Waals surface area (Å²) in [7, 11) is 1.47. The third-order valence-electron chi connectivity index (χ3n) is 3.11. The molecule has 112 valence electrons. The van der Waals surface area contributed by atoms with Crippen molar-refractivity contribution in [3.05, 3.63) is 59.2 Å². The van der Waals surface area contributed by atoms with E-state index >= 15 is 0 Å². The van der Waals surface area contributed by atoms with Gasteiger partial charge in [-0.15, -0.1) is 0 Å². The topological polar surface area (TPSA) is 44.5 Å². The fourth-order valence-corrected chi connectivity index (χ4v) is 1.93. The number of hydrogen-bond acceptors (Lipinski definition) is 3. The first-order valence-corrected chi connectivity index (χ1v) is 6.51. The predicted octanol–water partition coefficient (Wildman–Crippen LogP) is 3.57. The van der Waals surface area contributed by atoms with Crippen LogP contribution in [0.15, 0.2) is 36.4 Å². The Morgan fingerprint density at radius 3 is 2.52 bits per heavy atom. The highest BCUT2D eigenvalue weighted by Gasteiger charge is 2.11. The molecule has 0 saturated heterocycles. The molecule has 0 amide bonds. The van der Waals surface area contributed by atoms with Crippen molar-refractivity contribution in [2.45, 2.75) is 19.6 Å². The Morgan fingerprint density at radius 2 is 1.90 bits per heavy atom. The first kappa shape index (κ1) is 15.3. The van der Waals surface area contributed by atoms with Gasteiger partial charge < -0.3 is 15.2 Å². The molecule has 0 saturated carbocycles. The average Bonchev–Trinajstić information content (AvgIpc) is 2.46. The highest BCUT2D eigenvalue weighted by molar-refractivity contribution is 5.36. The van der Waals surface area contributed by atoms with Gasteiger partial charge in [-0.2, -0.15) is 0 Å². The van der Waals surface area contributed by atoms with Crippen molar-refractivity contribution >= 4 is 0 Å². The lowest BCUT2D eigenvalue weighted by Gasteiger charge is -2.14. The molecule has 21 heavy (non-hydrogen) atoms. The maximum atomic E-state index is 13.8. The summed E-state index contributed by atoms with van der Waals surface area (Å²) in [4.78, 5) is 0. The quantitative estimate of drug-likeness (QED) is 0.916. The predicted molar refractivity (Wildman–Crippen MR) is 76.3 cm³/mol. The maximum absolute atomic E-state index is 13.8. The lowest BCUT2D eigenvalue weighted by molar-refractivity contribution is 0.294. The normalized spacial score (nSPS) is 12.0. The maximum Gasteiger partial charge on any atom is 0.133 e. The summed E-state index contributed by atoms with van der Waals surface area (Å²) in [6, 6.07) is 8.25. The molecule has 0 aliphatic heterocycles. The molecule has 2 aromatic carbocycles. The first-order valence-electron chi connectivity index (χ1n) is 6.51. The van der Waals surface area contributed by atoms with E-state index in [9.17, 15) is 8.78 Å². The van der Waals surface area contributed by atoms with E-state index < -0.39 is 5.82 Å². The van der Waals surface area contributed by atoms with Gasteiger partial charge in [0.05, 0.1) is 7.11 Å². The minimum absolute atomic E-state index is 0.0289. The molecule has 0 bridgehead atoms. The third-order valence-corrected chi connectivity index (χ3v) is 3.11. The summed E-state index contributed by atoms with van der Waals surface area (Å²) >= 11 is 0. The molecule has 0 aromatic heterocycles. The van der Waals surface area contributed by atoms with Crippen LogP contribution in [0.4, 0.5) is 8.78 Å². The van der Waals surface area contributed by atoms with Crippen molar-refractivity contribution in [2.24, 2.45) is 5.73 Å². The van der Waals surface area contributed by atoms with E-state index in [1.165, 1.54) is 31.4 Å². The van der Waals surface area contributed by atoms with Crippen LogP contribution in [0.2, 0.25) is 0 Å². The second-order valence-corrected chi connectivity index (χ2v) is 4.72. The number of ether oxygens (including phenoxy) is 2. The van der Waals surface area contributed by atoms with Crippen LogP contribution in [0, 0.1) is 11.6 Å². The Hall–Kier alpha value is -2.14. The zero-order chi connectivity index (χ0) is 15.4. The van der Waals surface area contributed by atoms with Gasteiger partial charge in [0.15, 0.2) is 0 Å². The van der Waals surface area contributed by atoms with Gasteiger partial charge in [0.25, 0.3) is 0 Å². The standard InChI is InChI=1S/C16H17F2NO2/c1-10(19)14-7-12(17)4-6-16(14)21-9-11-3-5-13(20-2)8-15(11)18/h3-8,10H,9,19H2,1-2H3/t10-/m1/s1. The largest absolute Gasteiger partial charge is 0.497 e. The minimum Gasteiger partial charge on any atom is -0.497 e. The van der Waals surface area contributed by atoms with Crippen molar-refractivity contribution in [2.75, 3.05) is 7.11 Å². The summed E-state index contributed by atoms with van der Waals surface area (Å²) in [6.45, 7) is 1.76. The van der Waals surface area contributed by atoms with Crippen molar-refractivity contribution in [3.8, 4) is 11.5 Å². The fraction of sp³-hybridized carbons (Fsp3) is 0.250. The Bertz CT molecular complexity index is 630. The van der Waals surface area contributed by atoms with Crippen LogP contribution in [0.25, 0.3) is 0 Å². The molecule has 0 unspecified atom stereocenters. The second kappa shape index (κ2) is 6.54. The Morgan fingerprint density at radius 1 is 1.14 bits per heavy atom. The average molecular weight is 293 g/mol. The number of benzene rings is 2. The van der Waals surface area contributed by atoms with Crippen LogP contribution >= 0.6 is 0 Å². The van der Waals surface area contributed by atoms with E-state index in [4.69, 9.17) is 15.2 Å². The van der Waals surface area contributed by atoms with Crippen molar-refractivity contribution < 1.29 is 18.3 Å². The molecular formula is C16H17F2NO2. The van der Waals surface area contributed by atoms with Crippen LogP contribution in [0.5, 0.6) is 11.5 Å². The zero-order valence-electron chi connectivity index (χ0n) is 11.9. The third kappa shape index (κ3) is 3.70. The van der Waals surface area contributed by atoms with Gasteiger partial charge in [-0.3, -0.25) is 0 Å². The molecule has 3 nitrogen and oxygen atoms in total. The molecule has 0 spiro atoms. The molecule has 0 aliphatic carbocycles.